The summed E-state index contributed by atoms with van der Waals surface area (Å²) in [5.41, 5.74) is 11.6. The van der Waals surface area contributed by atoms with E-state index in [1.165, 1.54) is 0 Å². The Morgan fingerprint density at radius 2 is 2.35 bits per heavy atom. The second-order valence-corrected chi connectivity index (χ2v) is 4.82. The Kier molecular flexibility index (Phi) is 2.81. The summed E-state index contributed by atoms with van der Waals surface area (Å²) in [6.07, 6.45) is 2.02. The van der Waals surface area contributed by atoms with Crippen molar-refractivity contribution in [2.24, 2.45) is 11.7 Å². The molecule has 2 aromatic heterocycles. The molecule has 3 heterocycles. The number of fused-ring (bicyclic) bond motifs is 1. The first-order valence-corrected chi connectivity index (χ1v) is 6.27. The van der Waals surface area contributed by atoms with Gasteiger partial charge in [-0.15, -0.1) is 0 Å². The molecule has 1 saturated heterocycles. The van der Waals surface area contributed by atoms with E-state index >= 15 is 0 Å². The summed E-state index contributed by atoms with van der Waals surface area (Å²) in [4.78, 5) is 28.6. The lowest BCUT2D eigenvalue weighted by atomic mass is 10.1. The smallest absolute Gasteiger partial charge is 0.235 e. The number of furan rings is 1. The first-order chi connectivity index (χ1) is 9.56. The Bertz CT molecular complexity index is 694. The highest BCUT2D eigenvalue weighted by molar-refractivity contribution is 6.00. The second-order valence-electron chi connectivity index (χ2n) is 4.82. The van der Waals surface area contributed by atoms with Crippen molar-refractivity contribution in [1.82, 2.24) is 9.88 Å². The Hall–Kier alpha value is -2.57. The quantitative estimate of drug-likeness (QED) is 0.778. The van der Waals surface area contributed by atoms with Crippen LogP contribution in [0, 0.1) is 5.92 Å². The van der Waals surface area contributed by atoms with Gasteiger partial charge in [0.1, 0.15) is 23.1 Å². The van der Waals surface area contributed by atoms with Crippen LogP contribution in [0.1, 0.15) is 12.2 Å². The summed E-state index contributed by atoms with van der Waals surface area (Å²) in [6, 6.07) is 3.48. The van der Waals surface area contributed by atoms with Gasteiger partial charge in [0.05, 0.1) is 11.9 Å². The van der Waals surface area contributed by atoms with Gasteiger partial charge in [-0.1, -0.05) is 0 Å². The van der Waals surface area contributed by atoms with E-state index in [9.17, 15) is 9.59 Å². The minimum absolute atomic E-state index is 0.246. The monoisotopic (exact) mass is 274 g/mol. The number of rotatable bonds is 3. The molecular weight excluding hydrogens is 260 g/mol. The summed E-state index contributed by atoms with van der Waals surface area (Å²) < 4.78 is 5.62. The maximum absolute atomic E-state index is 12.0. The first kappa shape index (κ1) is 12.5. The van der Waals surface area contributed by atoms with Crippen molar-refractivity contribution in [2.75, 3.05) is 12.3 Å². The average molecular weight is 274 g/mol. The number of nitrogen functional groups attached to an aromatic ring is 1. The SMILES string of the molecule is NC(=O)[C@@H]1CCN(Cc2cc3c(N)nccc3o2)C1=O. The van der Waals surface area contributed by atoms with Crippen LogP contribution in [0.15, 0.2) is 22.7 Å². The number of amides is 2. The Labute approximate surface area is 114 Å². The molecule has 0 aliphatic carbocycles. The van der Waals surface area contributed by atoms with E-state index in [4.69, 9.17) is 15.9 Å². The molecule has 1 aliphatic rings. The van der Waals surface area contributed by atoms with Gasteiger partial charge in [-0.3, -0.25) is 9.59 Å². The van der Waals surface area contributed by atoms with Crippen LogP contribution in [0.3, 0.4) is 0 Å². The molecule has 1 aliphatic heterocycles. The molecule has 0 bridgehead atoms. The van der Waals surface area contributed by atoms with Crippen molar-refractivity contribution in [3.8, 4) is 0 Å². The van der Waals surface area contributed by atoms with Crippen molar-refractivity contribution >= 4 is 28.6 Å². The summed E-state index contributed by atoms with van der Waals surface area (Å²) >= 11 is 0. The number of hydrogen-bond donors (Lipinski definition) is 2. The minimum Gasteiger partial charge on any atom is -0.459 e. The number of aromatic nitrogens is 1. The molecule has 7 heteroatoms. The second kappa shape index (κ2) is 4.52. The van der Waals surface area contributed by atoms with E-state index in [0.717, 1.165) is 5.39 Å². The number of carbonyl (C=O) groups excluding carboxylic acids is 2. The summed E-state index contributed by atoms with van der Waals surface area (Å²) in [7, 11) is 0. The molecule has 1 fully saturated rings. The zero-order chi connectivity index (χ0) is 14.3. The van der Waals surface area contributed by atoms with E-state index in [-0.39, 0.29) is 5.91 Å². The fourth-order valence-electron chi connectivity index (χ4n) is 2.46. The fourth-order valence-corrected chi connectivity index (χ4v) is 2.46. The molecule has 3 rings (SSSR count). The lowest BCUT2D eigenvalue weighted by Gasteiger charge is -2.13. The van der Waals surface area contributed by atoms with Gasteiger partial charge in [-0.2, -0.15) is 0 Å². The molecule has 0 saturated carbocycles. The largest absolute Gasteiger partial charge is 0.459 e. The number of nitrogens with zero attached hydrogens (tertiary/aromatic N) is 2. The van der Waals surface area contributed by atoms with Gasteiger partial charge >= 0.3 is 0 Å². The third kappa shape index (κ3) is 1.97. The van der Waals surface area contributed by atoms with Crippen molar-refractivity contribution in [2.45, 2.75) is 13.0 Å². The van der Waals surface area contributed by atoms with E-state index < -0.39 is 11.8 Å². The molecule has 0 radical (unpaired) electrons. The third-order valence-corrected chi connectivity index (χ3v) is 3.51. The van der Waals surface area contributed by atoms with Crippen molar-refractivity contribution in [3.63, 3.8) is 0 Å². The molecule has 4 N–H and O–H groups in total. The fraction of sp³-hybridized carbons (Fsp3) is 0.308. The van der Waals surface area contributed by atoms with Crippen LogP contribution in [-0.4, -0.2) is 28.2 Å². The predicted molar refractivity (Wildman–Crippen MR) is 71.1 cm³/mol. The number of nitrogens with two attached hydrogens (primary N) is 2. The summed E-state index contributed by atoms with van der Waals surface area (Å²) in [5, 5.41) is 0.723. The predicted octanol–water partition coefficient (Wildman–Crippen LogP) is 0.244. The molecule has 2 aromatic rings. The summed E-state index contributed by atoms with van der Waals surface area (Å²) in [5.74, 6) is -0.538. The maximum Gasteiger partial charge on any atom is 0.235 e. The van der Waals surface area contributed by atoms with Crippen LogP contribution in [0.2, 0.25) is 0 Å². The Balaban J connectivity index is 1.82. The van der Waals surface area contributed by atoms with Crippen LogP contribution in [0.25, 0.3) is 11.0 Å². The standard InChI is InChI=1S/C13H14N4O3/c14-11-9-5-7(20-10(9)1-3-16-11)6-17-4-2-8(12(15)18)13(17)19/h1,3,5,8H,2,4,6H2,(H2,14,16)(H2,15,18)/t8-/m0/s1. The molecular formula is C13H14N4O3. The molecule has 0 unspecified atom stereocenters. The third-order valence-electron chi connectivity index (χ3n) is 3.51. The lowest BCUT2D eigenvalue weighted by molar-refractivity contribution is -0.136. The van der Waals surface area contributed by atoms with Gasteiger partial charge in [-0.05, 0) is 18.6 Å². The topological polar surface area (TPSA) is 115 Å². The molecule has 1 atom stereocenters. The van der Waals surface area contributed by atoms with Crippen LogP contribution in [-0.2, 0) is 16.1 Å². The van der Waals surface area contributed by atoms with E-state index in [0.29, 0.717) is 36.7 Å². The van der Waals surface area contributed by atoms with Crippen LogP contribution < -0.4 is 11.5 Å². The van der Waals surface area contributed by atoms with Crippen molar-refractivity contribution < 1.29 is 14.0 Å². The zero-order valence-electron chi connectivity index (χ0n) is 10.7. The van der Waals surface area contributed by atoms with Gasteiger partial charge in [0.15, 0.2) is 0 Å². The molecule has 104 valence electrons. The van der Waals surface area contributed by atoms with E-state index in [1.54, 1.807) is 23.2 Å². The summed E-state index contributed by atoms with van der Waals surface area (Å²) in [6.45, 7) is 0.800. The van der Waals surface area contributed by atoms with Crippen molar-refractivity contribution in [1.29, 1.82) is 0 Å². The van der Waals surface area contributed by atoms with Crippen molar-refractivity contribution in [3.05, 3.63) is 24.1 Å². The molecule has 0 aromatic carbocycles. The Morgan fingerprint density at radius 3 is 3.00 bits per heavy atom. The van der Waals surface area contributed by atoms with Gasteiger partial charge in [0.2, 0.25) is 11.8 Å². The number of carbonyl (C=O) groups is 2. The van der Waals surface area contributed by atoms with Crippen LogP contribution in [0.4, 0.5) is 5.82 Å². The highest BCUT2D eigenvalue weighted by Gasteiger charge is 2.35. The van der Waals surface area contributed by atoms with Gasteiger partial charge < -0.3 is 20.8 Å². The average Bonchev–Trinajstić information content (AvgIpc) is 2.95. The van der Waals surface area contributed by atoms with Crippen LogP contribution >= 0.6 is 0 Å². The number of primary amides is 1. The number of likely N-dealkylation sites (tertiary alicyclic amines) is 1. The van der Waals surface area contributed by atoms with Crippen LogP contribution in [0.5, 0.6) is 0 Å². The number of pyridine rings is 1. The number of hydrogen-bond acceptors (Lipinski definition) is 5. The molecule has 7 nitrogen and oxygen atoms in total. The highest BCUT2D eigenvalue weighted by atomic mass is 16.3. The number of anilines is 1. The normalized spacial score (nSPS) is 18.9. The van der Waals surface area contributed by atoms with Gasteiger partial charge in [-0.25, -0.2) is 4.98 Å². The van der Waals surface area contributed by atoms with E-state index in [2.05, 4.69) is 4.98 Å². The lowest BCUT2D eigenvalue weighted by Crippen LogP contribution is -2.33. The molecule has 0 spiro atoms. The van der Waals surface area contributed by atoms with Gasteiger partial charge in [0, 0.05) is 12.7 Å². The Morgan fingerprint density at radius 1 is 1.55 bits per heavy atom. The zero-order valence-corrected chi connectivity index (χ0v) is 10.7. The van der Waals surface area contributed by atoms with Gasteiger partial charge in [0.25, 0.3) is 0 Å². The molecule has 20 heavy (non-hydrogen) atoms. The maximum atomic E-state index is 12.0. The molecule has 2 amide bonds. The van der Waals surface area contributed by atoms with E-state index in [1.807, 2.05) is 0 Å². The minimum atomic E-state index is -0.717. The highest BCUT2D eigenvalue weighted by Crippen LogP contribution is 2.26. The first-order valence-electron chi connectivity index (χ1n) is 6.27.